The standard InChI is InChI=1S/C14H23NO/c1-11(2)16-13-7-5-6-12(10-13)14(3,4)8-9-15/h5-7,10-11H,8-9,15H2,1-4H3. The lowest BCUT2D eigenvalue weighted by Gasteiger charge is -2.25. The highest BCUT2D eigenvalue weighted by atomic mass is 16.5. The molecule has 90 valence electrons. The Kier molecular flexibility index (Phi) is 4.36. The molecular weight excluding hydrogens is 198 g/mol. The largest absolute Gasteiger partial charge is 0.491 e. The Hall–Kier alpha value is -1.02. The third-order valence-corrected chi connectivity index (χ3v) is 2.76. The highest BCUT2D eigenvalue weighted by molar-refractivity contribution is 5.33. The summed E-state index contributed by atoms with van der Waals surface area (Å²) >= 11 is 0. The lowest BCUT2D eigenvalue weighted by Crippen LogP contribution is -2.21. The van der Waals surface area contributed by atoms with Crippen molar-refractivity contribution in [3.63, 3.8) is 0 Å². The summed E-state index contributed by atoms with van der Waals surface area (Å²) in [5.41, 5.74) is 7.04. The van der Waals surface area contributed by atoms with Gasteiger partial charge in [-0.15, -0.1) is 0 Å². The molecule has 0 heterocycles. The smallest absolute Gasteiger partial charge is 0.119 e. The molecule has 16 heavy (non-hydrogen) atoms. The van der Waals surface area contributed by atoms with E-state index >= 15 is 0 Å². The molecule has 0 aliphatic rings. The molecule has 0 fully saturated rings. The molecule has 1 aromatic rings. The van der Waals surface area contributed by atoms with E-state index in [0.29, 0.717) is 6.54 Å². The van der Waals surface area contributed by atoms with Crippen molar-refractivity contribution in [3.8, 4) is 5.75 Å². The van der Waals surface area contributed by atoms with Gasteiger partial charge in [0.05, 0.1) is 6.10 Å². The fourth-order valence-corrected chi connectivity index (χ4v) is 1.77. The molecule has 2 nitrogen and oxygen atoms in total. The second kappa shape index (κ2) is 5.35. The van der Waals surface area contributed by atoms with Crippen molar-refractivity contribution in [3.05, 3.63) is 29.8 Å². The summed E-state index contributed by atoms with van der Waals surface area (Å²) in [6.07, 6.45) is 1.20. The number of rotatable bonds is 5. The molecule has 0 saturated heterocycles. The molecule has 0 saturated carbocycles. The van der Waals surface area contributed by atoms with E-state index in [1.807, 2.05) is 26.0 Å². The summed E-state index contributed by atoms with van der Waals surface area (Å²) in [5, 5.41) is 0. The molecular formula is C14H23NO. The third-order valence-electron chi connectivity index (χ3n) is 2.76. The molecule has 0 radical (unpaired) electrons. The van der Waals surface area contributed by atoms with Crippen LogP contribution in [0.1, 0.15) is 39.7 Å². The molecule has 2 heteroatoms. The minimum atomic E-state index is 0.116. The van der Waals surface area contributed by atoms with E-state index in [-0.39, 0.29) is 11.5 Å². The second-order valence-corrected chi connectivity index (χ2v) is 5.12. The third kappa shape index (κ3) is 3.53. The lowest BCUT2D eigenvalue weighted by molar-refractivity contribution is 0.241. The first kappa shape index (κ1) is 13.0. The quantitative estimate of drug-likeness (QED) is 0.829. The number of nitrogens with two attached hydrogens (primary N) is 1. The molecule has 0 aromatic heterocycles. The number of hydrogen-bond acceptors (Lipinski definition) is 2. The molecule has 1 aromatic carbocycles. The van der Waals surface area contributed by atoms with Crippen LogP contribution in [0.3, 0.4) is 0 Å². The van der Waals surface area contributed by atoms with E-state index in [1.165, 1.54) is 5.56 Å². The van der Waals surface area contributed by atoms with E-state index in [9.17, 15) is 0 Å². The minimum Gasteiger partial charge on any atom is -0.491 e. The lowest BCUT2D eigenvalue weighted by atomic mass is 9.81. The second-order valence-electron chi connectivity index (χ2n) is 5.12. The van der Waals surface area contributed by atoms with Crippen LogP contribution in [0.4, 0.5) is 0 Å². The van der Waals surface area contributed by atoms with Gasteiger partial charge in [0.25, 0.3) is 0 Å². The Bertz CT molecular complexity index is 331. The van der Waals surface area contributed by atoms with E-state index in [0.717, 1.165) is 12.2 Å². The maximum atomic E-state index is 5.70. The van der Waals surface area contributed by atoms with Gasteiger partial charge in [0.15, 0.2) is 0 Å². The first-order valence-electron chi connectivity index (χ1n) is 5.93. The average Bonchev–Trinajstić information content (AvgIpc) is 2.17. The summed E-state index contributed by atoms with van der Waals surface area (Å²) in [6.45, 7) is 9.22. The van der Waals surface area contributed by atoms with Crippen LogP contribution >= 0.6 is 0 Å². The van der Waals surface area contributed by atoms with Gasteiger partial charge in [-0.2, -0.15) is 0 Å². The van der Waals surface area contributed by atoms with Crippen molar-refractivity contribution in [2.45, 2.75) is 45.6 Å². The molecule has 0 bridgehead atoms. The Labute approximate surface area is 98.8 Å². The van der Waals surface area contributed by atoms with Crippen molar-refractivity contribution in [1.29, 1.82) is 0 Å². The molecule has 1 rings (SSSR count). The molecule has 0 unspecified atom stereocenters. The maximum Gasteiger partial charge on any atom is 0.119 e. The zero-order valence-electron chi connectivity index (χ0n) is 10.8. The van der Waals surface area contributed by atoms with Gasteiger partial charge in [0, 0.05) is 0 Å². The zero-order valence-corrected chi connectivity index (χ0v) is 10.8. The van der Waals surface area contributed by atoms with Gasteiger partial charge in [0.1, 0.15) is 5.75 Å². The topological polar surface area (TPSA) is 35.2 Å². The Morgan fingerprint density at radius 3 is 2.56 bits per heavy atom. The first-order chi connectivity index (χ1) is 7.45. The number of ether oxygens (including phenoxy) is 1. The van der Waals surface area contributed by atoms with Gasteiger partial charge in [-0.05, 0) is 49.9 Å². The SMILES string of the molecule is CC(C)Oc1cccc(C(C)(C)CCN)c1. The van der Waals surface area contributed by atoms with Crippen molar-refractivity contribution in [2.75, 3.05) is 6.54 Å². The van der Waals surface area contributed by atoms with Crippen molar-refractivity contribution in [2.24, 2.45) is 5.73 Å². The van der Waals surface area contributed by atoms with Gasteiger partial charge < -0.3 is 10.5 Å². The van der Waals surface area contributed by atoms with E-state index in [4.69, 9.17) is 10.5 Å². The van der Waals surface area contributed by atoms with Crippen LogP contribution < -0.4 is 10.5 Å². The van der Waals surface area contributed by atoms with Crippen LogP contribution in [-0.2, 0) is 5.41 Å². The van der Waals surface area contributed by atoms with Gasteiger partial charge in [0.2, 0.25) is 0 Å². The predicted octanol–water partition coefficient (Wildman–Crippen LogP) is 3.10. The molecule has 0 spiro atoms. The van der Waals surface area contributed by atoms with Gasteiger partial charge in [-0.3, -0.25) is 0 Å². The van der Waals surface area contributed by atoms with Crippen LogP contribution in [0.2, 0.25) is 0 Å². The van der Waals surface area contributed by atoms with Gasteiger partial charge in [-0.25, -0.2) is 0 Å². The number of hydrogen-bond donors (Lipinski definition) is 1. The van der Waals surface area contributed by atoms with Crippen LogP contribution in [-0.4, -0.2) is 12.6 Å². The molecule has 0 aliphatic heterocycles. The summed E-state index contributed by atoms with van der Waals surface area (Å²) in [6, 6.07) is 8.31. The fourth-order valence-electron chi connectivity index (χ4n) is 1.77. The summed E-state index contributed by atoms with van der Waals surface area (Å²) < 4.78 is 5.70. The van der Waals surface area contributed by atoms with E-state index in [2.05, 4.69) is 26.0 Å². The average molecular weight is 221 g/mol. The normalized spacial score (nSPS) is 11.9. The monoisotopic (exact) mass is 221 g/mol. The summed E-state index contributed by atoms with van der Waals surface area (Å²) in [7, 11) is 0. The van der Waals surface area contributed by atoms with Crippen LogP contribution in [0.15, 0.2) is 24.3 Å². The van der Waals surface area contributed by atoms with E-state index < -0.39 is 0 Å². The van der Waals surface area contributed by atoms with Crippen molar-refractivity contribution in [1.82, 2.24) is 0 Å². The van der Waals surface area contributed by atoms with Gasteiger partial charge in [-0.1, -0.05) is 26.0 Å². The Morgan fingerprint density at radius 1 is 1.31 bits per heavy atom. The highest BCUT2D eigenvalue weighted by Crippen LogP contribution is 2.29. The van der Waals surface area contributed by atoms with E-state index in [1.54, 1.807) is 0 Å². The van der Waals surface area contributed by atoms with Crippen LogP contribution in [0.25, 0.3) is 0 Å². The first-order valence-corrected chi connectivity index (χ1v) is 5.93. The highest BCUT2D eigenvalue weighted by Gasteiger charge is 2.19. The van der Waals surface area contributed by atoms with Crippen LogP contribution in [0, 0.1) is 0 Å². The number of benzene rings is 1. The summed E-state index contributed by atoms with van der Waals surface area (Å²) in [4.78, 5) is 0. The molecule has 0 atom stereocenters. The van der Waals surface area contributed by atoms with Crippen molar-refractivity contribution < 1.29 is 4.74 Å². The zero-order chi connectivity index (χ0) is 12.2. The van der Waals surface area contributed by atoms with Crippen LogP contribution in [0.5, 0.6) is 5.75 Å². The Morgan fingerprint density at radius 2 is 2.00 bits per heavy atom. The minimum absolute atomic E-state index is 0.116. The maximum absolute atomic E-state index is 5.70. The molecule has 0 amide bonds. The van der Waals surface area contributed by atoms with Crippen molar-refractivity contribution >= 4 is 0 Å². The molecule has 0 aliphatic carbocycles. The summed E-state index contributed by atoms with van der Waals surface area (Å²) in [5.74, 6) is 0.942. The van der Waals surface area contributed by atoms with Gasteiger partial charge >= 0.3 is 0 Å². The molecule has 2 N–H and O–H groups in total. The predicted molar refractivity (Wildman–Crippen MR) is 68.9 cm³/mol. The Balaban J connectivity index is 2.89. The fraction of sp³-hybridized carbons (Fsp3) is 0.571.